The number of methoxy groups -OCH3 is 1. The highest BCUT2D eigenvalue weighted by molar-refractivity contribution is 9.10. The molecule has 2 aromatic rings. The monoisotopic (exact) mass is 435 g/mol. The zero-order chi connectivity index (χ0) is 19.4. The molecule has 2 unspecified atom stereocenters. The van der Waals surface area contributed by atoms with Gasteiger partial charge in [-0.15, -0.1) is 0 Å². The third-order valence-electron chi connectivity index (χ3n) is 4.44. The Hall–Kier alpha value is -2.61. The molecule has 8 heteroatoms. The van der Waals surface area contributed by atoms with Gasteiger partial charge in [-0.1, -0.05) is 22.0 Å². The van der Waals surface area contributed by atoms with E-state index in [4.69, 9.17) is 4.74 Å². The molecule has 2 atom stereocenters. The van der Waals surface area contributed by atoms with Crippen LogP contribution in [0, 0.1) is 5.82 Å². The molecule has 3 N–H and O–H groups in total. The second-order valence-corrected chi connectivity index (χ2v) is 7.13. The van der Waals surface area contributed by atoms with Gasteiger partial charge in [-0.3, -0.25) is 4.79 Å². The molecule has 0 radical (unpaired) electrons. The SMILES string of the molecule is COc1ccc(C2CNC(=O)CC2NC(=O)Nc2ccc(Br)cc2)c(F)c1. The Balaban J connectivity index is 1.75. The second kappa shape index (κ2) is 8.39. The van der Waals surface area contributed by atoms with Gasteiger partial charge in [0.05, 0.1) is 7.11 Å². The second-order valence-electron chi connectivity index (χ2n) is 6.21. The van der Waals surface area contributed by atoms with Crippen LogP contribution in [0.15, 0.2) is 46.9 Å². The Labute approximate surface area is 164 Å². The third-order valence-corrected chi connectivity index (χ3v) is 4.96. The number of amides is 3. The van der Waals surface area contributed by atoms with E-state index in [1.807, 2.05) is 0 Å². The van der Waals surface area contributed by atoms with Crippen LogP contribution in [0.2, 0.25) is 0 Å². The van der Waals surface area contributed by atoms with Gasteiger partial charge < -0.3 is 20.7 Å². The summed E-state index contributed by atoms with van der Waals surface area (Å²) in [5, 5.41) is 8.25. The zero-order valence-corrected chi connectivity index (χ0v) is 16.2. The Kier molecular flexibility index (Phi) is 5.95. The van der Waals surface area contributed by atoms with Gasteiger partial charge >= 0.3 is 6.03 Å². The molecular weight excluding hydrogens is 417 g/mol. The minimum Gasteiger partial charge on any atom is -0.497 e. The molecule has 0 aromatic heterocycles. The molecule has 3 rings (SSSR count). The lowest BCUT2D eigenvalue weighted by atomic mass is 9.86. The standard InChI is InChI=1S/C19H19BrFN3O3/c1-27-13-6-7-14(16(21)8-13)15-10-22-18(25)9-17(15)24-19(26)23-12-4-2-11(20)3-5-12/h2-8,15,17H,9-10H2,1H3,(H,22,25)(H2,23,24,26). The van der Waals surface area contributed by atoms with Crippen LogP contribution in [0.5, 0.6) is 5.75 Å². The van der Waals surface area contributed by atoms with E-state index in [0.29, 0.717) is 17.0 Å². The van der Waals surface area contributed by atoms with Gasteiger partial charge in [0.1, 0.15) is 11.6 Å². The van der Waals surface area contributed by atoms with E-state index in [1.54, 1.807) is 36.4 Å². The van der Waals surface area contributed by atoms with Gasteiger partial charge in [0.25, 0.3) is 0 Å². The molecular formula is C19H19BrFN3O3. The number of urea groups is 1. The van der Waals surface area contributed by atoms with Crippen LogP contribution in [0.4, 0.5) is 14.9 Å². The number of halogens is 2. The number of benzene rings is 2. The first kappa shape index (κ1) is 19.2. The predicted molar refractivity (Wildman–Crippen MR) is 103 cm³/mol. The lowest BCUT2D eigenvalue weighted by molar-refractivity contribution is -0.123. The number of anilines is 1. The number of carbonyl (C=O) groups excluding carboxylic acids is 2. The minimum absolute atomic E-state index is 0.0733. The van der Waals surface area contributed by atoms with Crippen molar-refractivity contribution in [2.24, 2.45) is 0 Å². The first-order valence-electron chi connectivity index (χ1n) is 8.39. The van der Waals surface area contributed by atoms with Crippen LogP contribution in [0.3, 0.4) is 0 Å². The van der Waals surface area contributed by atoms with Crippen molar-refractivity contribution in [3.63, 3.8) is 0 Å². The number of hydrogen-bond donors (Lipinski definition) is 3. The highest BCUT2D eigenvalue weighted by Crippen LogP contribution is 2.29. The smallest absolute Gasteiger partial charge is 0.319 e. The highest BCUT2D eigenvalue weighted by atomic mass is 79.9. The molecule has 1 saturated heterocycles. The van der Waals surface area contributed by atoms with Crippen molar-refractivity contribution in [1.29, 1.82) is 0 Å². The van der Waals surface area contributed by atoms with Crippen LogP contribution >= 0.6 is 15.9 Å². The van der Waals surface area contributed by atoms with Crippen molar-refractivity contribution in [2.45, 2.75) is 18.4 Å². The van der Waals surface area contributed by atoms with Crippen molar-refractivity contribution in [2.75, 3.05) is 19.0 Å². The summed E-state index contributed by atoms with van der Waals surface area (Å²) in [5.41, 5.74) is 1.04. The Morgan fingerprint density at radius 2 is 2.00 bits per heavy atom. The van der Waals surface area contributed by atoms with Crippen molar-refractivity contribution in [3.05, 3.63) is 58.3 Å². The van der Waals surface area contributed by atoms with E-state index in [9.17, 15) is 14.0 Å². The number of nitrogens with one attached hydrogen (secondary N) is 3. The fraction of sp³-hybridized carbons (Fsp3) is 0.263. The van der Waals surface area contributed by atoms with Gasteiger partial charge in [0.15, 0.2) is 0 Å². The average Bonchev–Trinajstić information content (AvgIpc) is 2.64. The van der Waals surface area contributed by atoms with Gasteiger partial charge in [0.2, 0.25) is 5.91 Å². The molecule has 3 amide bonds. The normalized spacial score (nSPS) is 19.1. The van der Waals surface area contributed by atoms with Gasteiger partial charge in [-0.25, -0.2) is 9.18 Å². The fourth-order valence-corrected chi connectivity index (χ4v) is 3.33. The van der Waals surface area contributed by atoms with E-state index >= 15 is 0 Å². The van der Waals surface area contributed by atoms with Crippen LogP contribution < -0.4 is 20.7 Å². The first-order valence-corrected chi connectivity index (χ1v) is 9.19. The molecule has 27 heavy (non-hydrogen) atoms. The largest absolute Gasteiger partial charge is 0.497 e. The zero-order valence-electron chi connectivity index (χ0n) is 14.6. The predicted octanol–water partition coefficient (Wildman–Crippen LogP) is 3.39. The molecule has 0 bridgehead atoms. The number of rotatable bonds is 4. The lowest BCUT2D eigenvalue weighted by Crippen LogP contribution is -2.51. The molecule has 1 aliphatic heterocycles. The summed E-state index contributed by atoms with van der Waals surface area (Å²) in [5.74, 6) is -0.595. The van der Waals surface area contributed by atoms with Gasteiger partial charge in [-0.05, 0) is 35.9 Å². The van der Waals surface area contributed by atoms with Gasteiger partial charge in [0, 0.05) is 41.2 Å². The summed E-state index contributed by atoms with van der Waals surface area (Å²) in [7, 11) is 1.46. The van der Waals surface area contributed by atoms with Crippen molar-refractivity contribution < 1.29 is 18.7 Å². The summed E-state index contributed by atoms with van der Waals surface area (Å²) in [6.07, 6.45) is 0.0733. The Morgan fingerprint density at radius 3 is 2.67 bits per heavy atom. The molecule has 0 spiro atoms. The summed E-state index contributed by atoms with van der Waals surface area (Å²) >= 11 is 3.33. The van der Waals surface area contributed by atoms with Crippen LogP contribution in [0.25, 0.3) is 0 Å². The summed E-state index contributed by atoms with van der Waals surface area (Å²) in [6, 6.07) is 10.7. The van der Waals surface area contributed by atoms with Crippen molar-refractivity contribution in [1.82, 2.24) is 10.6 Å². The average molecular weight is 436 g/mol. The van der Waals surface area contributed by atoms with E-state index in [0.717, 1.165) is 4.47 Å². The maximum atomic E-state index is 14.5. The summed E-state index contributed by atoms with van der Waals surface area (Å²) < 4.78 is 20.4. The molecule has 0 aliphatic carbocycles. The van der Waals surface area contributed by atoms with Crippen molar-refractivity contribution >= 4 is 33.6 Å². The molecule has 1 heterocycles. The van der Waals surface area contributed by atoms with E-state index in [-0.39, 0.29) is 24.8 Å². The lowest BCUT2D eigenvalue weighted by Gasteiger charge is -2.32. The Morgan fingerprint density at radius 1 is 1.26 bits per heavy atom. The number of hydrogen-bond acceptors (Lipinski definition) is 3. The van der Waals surface area contributed by atoms with Crippen LogP contribution in [-0.4, -0.2) is 31.6 Å². The van der Waals surface area contributed by atoms with Gasteiger partial charge in [-0.2, -0.15) is 0 Å². The van der Waals surface area contributed by atoms with Crippen LogP contribution in [0.1, 0.15) is 17.9 Å². The number of carbonyl (C=O) groups is 2. The summed E-state index contributed by atoms with van der Waals surface area (Å²) in [6.45, 7) is 0.241. The quantitative estimate of drug-likeness (QED) is 0.688. The maximum Gasteiger partial charge on any atom is 0.319 e. The molecule has 142 valence electrons. The molecule has 2 aromatic carbocycles. The van der Waals surface area contributed by atoms with Crippen LogP contribution in [-0.2, 0) is 4.79 Å². The summed E-state index contributed by atoms with van der Waals surface area (Å²) in [4.78, 5) is 24.2. The van der Waals surface area contributed by atoms with E-state index in [2.05, 4.69) is 31.9 Å². The van der Waals surface area contributed by atoms with E-state index < -0.39 is 17.9 Å². The Bertz CT molecular complexity index is 845. The third kappa shape index (κ3) is 4.77. The van der Waals surface area contributed by atoms with Crippen molar-refractivity contribution in [3.8, 4) is 5.75 Å². The molecule has 1 fully saturated rings. The molecule has 1 aliphatic rings. The fourth-order valence-electron chi connectivity index (χ4n) is 3.06. The number of piperidine rings is 1. The molecule has 0 saturated carbocycles. The topological polar surface area (TPSA) is 79.5 Å². The molecule has 6 nitrogen and oxygen atoms in total. The number of ether oxygens (including phenoxy) is 1. The first-order chi connectivity index (χ1) is 13.0. The minimum atomic E-state index is -0.530. The maximum absolute atomic E-state index is 14.5. The van der Waals surface area contributed by atoms with E-state index in [1.165, 1.54) is 13.2 Å². The highest BCUT2D eigenvalue weighted by Gasteiger charge is 2.33.